The highest BCUT2D eigenvalue weighted by Crippen LogP contribution is 2.31. The number of rotatable bonds is 6. The van der Waals surface area contributed by atoms with Crippen LogP contribution in [0.15, 0.2) is 0 Å². The van der Waals surface area contributed by atoms with Gasteiger partial charge in [0.2, 0.25) is 0 Å². The summed E-state index contributed by atoms with van der Waals surface area (Å²) in [5, 5.41) is 0. The quantitative estimate of drug-likeness (QED) is 0.703. The molecule has 2 saturated carbocycles. The van der Waals surface area contributed by atoms with Crippen LogP contribution in [-0.2, 0) is 0 Å². The number of unbranched alkanes of at least 4 members (excludes halogenated alkanes) is 1. The van der Waals surface area contributed by atoms with E-state index in [4.69, 9.17) is 5.73 Å². The van der Waals surface area contributed by atoms with Gasteiger partial charge in [0.15, 0.2) is 0 Å². The molecule has 0 aromatic rings. The van der Waals surface area contributed by atoms with E-state index in [1.165, 1.54) is 70.8 Å². The van der Waals surface area contributed by atoms with Crippen LogP contribution in [0.5, 0.6) is 0 Å². The van der Waals surface area contributed by atoms with Gasteiger partial charge in [-0.15, -0.1) is 0 Å². The second kappa shape index (κ2) is 6.61. The maximum absolute atomic E-state index is 5.60. The van der Waals surface area contributed by atoms with E-state index in [2.05, 4.69) is 4.90 Å². The fourth-order valence-electron chi connectivity index (χ4n) is 3.57. The van der Waals surface area contributed by atoms with E-state index in [9.17, 15) is 0 Å². The Balaban J connectivity index is 1.83. The monoisotopic (exact) mass is 224 g/mol. The van der Waals surface area contributed by atoms with Crippen LogP contribution in [0, 0.1) is 0 Å². The van der Waals surface area contributed by atoms with Gasteiger partial charge in [0.05, 0.1) is 0 Å². The highest BCUT2D eigenvalue weighted by Gasteiger charge is 2.29. The lowest BCUT2D eigenvalue weighted by Crippen LogP contribution is -2.41. The fraction of sp³-hybridized carbons (Fsp3) is 1.00. The molecular formula is C14H28N2. The van der Waals surface area contributed by atoms with Gasteiger partial charge in [0.25, 0.3) is 0 Å². The molecule has 2 aliphatic rings. The van der Waals surface area contributed by atoms with E-state index < -0.39 is 0 Å². The van der Waals surface area contributed by atoms with Crippen molar-refractivity contribution in [2.24, 2.45) is 5.73 Å². The summed E-state index contributed by atoms with van der Waals surface area (Å²) >= 11 is 0. The maximum Gasteiger partial charge on any atom is 0.00981 e. The third-order valence-electron chi connectivity index (χ3n) is 4.46. The van der Waals surface area contributed by atoms with Gasteiger partial charge in [-0.05, 0) is 51.6 Å². The first-order valence-corrected chi connectivity index (χ1v) is 7.37. The van der Waals surface area contributed by atoms with Gasteiger partial charge < -0.3 is 5.73 Å². The number of hydrogen-bond donors (Lipinski definition) is 1. The third kappa shape index (κ3) is 3.21. The molecule has 0 bridgehead atoms. The van der Waals surface area contributed by atoms with E-state index in [0.717, 1.165) is 18.6 Å². The van der Waals surface area contributed by atoms with Crippen LogP contribution in [-0.4, -0.2) is 30.1 Å². The van der Waals surface area contributed by atoms with Crippen molar-refractivity contribution in [1.82, 2.24) is 4.90 Å². The summed E-state index contributed by atoms with van der Waals surface area (Å²) in [5.74, 6) is 0. The molecule has 0 heterocycles. The van der Waals surface area contributed by atoms with Crippen LogP contribution in [0.25, 0.3) is 0 Å². The van der Waals surface area contributed by atoms with E-state index in [1.54, 1.807) is 0 Å². The molecule has 2 N–H and O–H groups in total. The smallest absolute Gasteiger partial charge is 0.00981 e. The molecule has 94 valence electrons. The van der Waals surface area contributed by atoms with E-state index >= 15 is 0 Å². The summed E-state index contributed by atoms with van der Waals surface area (Å²) in [6, 6.07) is 1.83. The Kier molecular flexibility index (Phi) is 5.11. The first-order valence-electron chi connectivity index (χ1n) is 7.37. The number of hydrogen-bond acceptors (Lipinski definition) is 2. The van der Waals surface area contributed by atoms with Crippen molar-refractivity contribution in [2.75, 3.05) is 13.1 Å². The Labute approximate surface area is 101 Å². The van der Waals surface area contributed by atoms with Crippen LogP contribution in [0.2, 0.25) is 0 Å². The van der Waals surface area contributed by atoms with E-state index in [1.807, 2.05) is 0 Å². The Bertz CT molecular complexity index is 165. The largest absolute Gasteiger partial charge is 0.330 e. The molecular weight excluding hydrogens is 196 g/mol. The molecule has 0 saturated heterocycles. The van der Waals surface area contributed by atoms with E-state index in [-0.39, 0.29) is 0 Å². The van der Waals surface area contributed by atoms with Crippen molar-refractivity contribution in [3.63, 3.8) is 0 Å². The molecule has 2 heteroatoms. The van der Waals surface area contributed by atoms with Crippen molar-refractivity contribution in [1.29, 1.82) is 0 Å². The topological polar surface area (TPSA) is 29.3 Å². The Morgan fingerprint density at radius 2 is 1.31 bits per heavy atom. The lowest BCUT2D eigenvalue weighted by Gasteiger charge is -2.34. The van der Waals surface area contributed by atoms with Crippen molar-refractivity contribution in [2.45, 2.75) is 76.3 Å². The van der Waals surface area contributed by atoms with Crippen molar-refractivity contribution >= 4 is 0 Å². The summed E-state index contributed by atoms with van der Waals surface area (Å²) < 4.78 is 0. The summed E-state index contributed by atoms with van der Waals surface area (Å²) in [5.41, 5.74) is 5.60. The fourth-order valence-corrected chi connectivity index (χ4v) is 3.57. The average molecular weight is 224 g/mol. The summed E-state index contributed by atoms with van der Waals surface area (Å²) in [6.45, 7) is 2.18. The highest BCUT2D eigenvalue weighted by molar-refractivity contribution is 4.85. The second-order valence-corrected chi connectivity index (χ2v) is 5.61. The average Bonchev–Trinajstić information content (AvgIpc) is 2.97. The molecule has 0 radical (unpaired) electrons. The first-order chi connectivity index (χ1) is 7.92. The van der Waals surface area contributed by atoms with Crippen LogP contribution in [0.1, 0.15) is 64.2 Å². The zero-order chi connectivity index (χ0) is 11.2. The Morgan fingerprint density at radius 3 is 1.75 bits per heavy atom. The van der Waals surface area contributed by atoms with Crippen LogP contribution in [0.4, 0.5) is 0 Å². The van der Waals surface area contributed by atoms with Crippen molar-refractivity contribution in [3.05, 3.63) is 0 Å². The highest BCUT2D eigenvalue weighted by atomic mass is 15.2. The van der Waals surface area contributed by atoms with Gasteiger partial charge in [-0.1, -0.05) is 25.7 Å². The zero-order valence-corrected chi connectivity index (χ0v) is 10.7. The first kappa shape index (κ1) is 12.4. The summed E-state index contributed by atoms with van der Waals surface area (Å²) in [7, 11) is 0. The van der Waals surface area contributed by atoms with Gasteiger partial charge in [-0.2, -0.15) is 0 Å². The molecule has 0 amide bonds. The van der Waals surface area contributed by atoms with Crippen LogP contribution in [0.3, 0.4) is 0 Å². The van der Waals surface area contributed by atoms with E-state index in [0.29, 0.717) is 0 Å². The number of nitrogens with zero attached hydrogens (tertiary/aromatic N) is 1. The number of nitrogens with two attached hydrogens (primary N) is 1. The third-order valence-corrected chi connectivity index (χ3v) is 4.46. The minimum atomic E-state index is 0.864. The lowest BCUT2D eigenvalue weighted by atomic mass is 10.1. The SMILES string of the molecule is NCCCCN(C1CCCC1)C1CCCC1. The molecule has 2 aliphatic carbocycles. The molecule has 2 fully saturated rings. The maximum atomic E-state index is 5.60. The Morgan fingerprint density at radius 1 is 0.812 bits per heavy atom. The molecule has 2 rings (SSSR count). The molecule has 0 spiro atoms. The zero-order valence-electron chi connectivity index (χ0n) is 10.7. The van der Waals surface area contributed by atoms with Gasteiger partial charge in [-0.3, -0.25) is 4.90 Å². The predicted molar refractivity (Wildman–Crippen MR) is 69.5 cm³/mol. The van der Waals surface area contributed by atoms with Gasteiger partial charge in [-0.25, -0.2) is 0 Å². The summed E-state index contributed by atoms with van der Waals surface area (Å²) in [4.78, 5) is 2.86. The van der Waals surface area contributed by atoms with Crippen molar-refractivity contribution in [3.8, 4) is 0 Å². The minimum absolute atomic E-state index is 0.864. The molecule has 0 aromatic heterocycles. The molecule has 2 nitrogen and oxygen atoms in total. The molecule has 0 aromatic carbocycles. The second-order valence-electron chi connectivity index (χ2n) is 5.61. The molecule has 0 atom stereocenters. The Hall–Kier alpha value is -0.0800. The lowest BCUT2D eigenvalue weighted by molar-refractivity contribution is 0.134. The van der Waals surface area contributed by atoms with Crippen LogP contribution >= 0.6 is 0 Å². The van der Waals surface area contributed by atoms with Gasteiger partial charge in [0.1, 0.15) is 0 Å². The standard InChI is InChI=1S/C14H28N2/c15-11-5-6-12-16(13-7-1-2-8-13)14-9-3-4-10-14/h13-14H,1-12,15H2. The predicted octanol–water partition coefficient (Wildman–Crippen LogP) is 2.91. The van der Waals surface area contributed by atoms with Gasteiger partial charge >= 0.3 is 0 Å². The van der Waals surface area contributed by atoms with Crippen molar-refractivity contribution < 1.29 is 0 Å². The normalized spacial score (nSPS) is 23.6. The molecule has 0 aliphatic heterocycles. The molecule has 16 heavy (non-hydrogen) atoms. The molecule has 0 unspecified atom stereocenters. The van der Waals surface area contributed by atoms with Gasteiger partial charge in [0, 0.05) is 12.1 Å². The van der Waals surface area contributed by atoms with Crippen LogP contribution < -0.4 is 5.73 Å². The summed E-state index contributed by atoms with van der Waals surface area (Å²) in [6.07, 6.45) is 14.2. The minimum Gasteiger partial charge on any atom is -0.330 e.